The smallest absolute Gasteiger partial charge is 0.208 e. The molecule has 2 fully saturated rings. The molecule has 1 aliphatic heterocycles. The Labute approximate surface area is 99.8 Å². The van der Waals surface area contributed by atoms with E-state index in [-0.39, 0.29) is 6.61 Å². The van der Waals surface area contributed by atoms with Crippen molar-refractivity contribution in [3.8, 4) is 0 Å². The summed E-state index contributed by atoms with van der Waals surface area (Å²) in [4.78, 5) is 0. The van der Waals surface area contributed by atoms with Crippen LogP contribution < -0.4 is 0 Å². The van der Waals surface area contributed by atoms with Crippen LogP contribution in [0.3, 0.4) is 0 Å². The lowest BCUT2D eigenvalue weighted by Crippen LogP contribution is -2.51. The molecule has 1 saturated carbocycles. The number of fused-ring (bicyclic) bond motifs is 1. The second-order valence-electron chi connectivity index (χ2n) is 4.79. The molecule has 2 aliphatic rings. The van der Waals surface area contributed by atoms with Crippen LogP contribution in [-0.4, -0.2) is 64.3 Å². The molecule has 17 heavy (non-hydrogen) atoms. The van der Waals surface area contributed by atoms with Crippen LogP contribution in [0.1, 0.15) is 19.8 Å². The van der Waals surface area contributed by atoms with E-state index in [1.165, 1.54) is 0 Å². The fourth-order valence-electron chi connectivity index (χ4n) is 2.61. The molecule has 6 heteroatoms. The van der Waals surface area contributed by atoms with Gasteiger partial charge in [0.15, 0.2) is 0 Å². The van der Waals surface area contributed by atoms with Crippen molar-refractivity contribution < 1.29 is 29.9 Å². The van der Waals surface area contributed by atoms with Crippen molar-refractivity contribution in [2.75, 3.05) is 19.8 Å². The molecule has 0 unspecified atom stereocenters. The van der Waals surface area contributed by atoms with Crippen LogP contribution in [0.4, 0.5) is 0 Å². The maximum Gasteiger partial charge on any atom is 0.208 e. The van der Waals surface area contributed by atoms with Crippen LogP contribution in [0.25, 0.3) is 0 Å². The van der Waals surface area contributed by atoms with Crippen LogP contribution >= 0.6 is 0 Å². The summed E-state index contributed by atoms with van der Waals surface area (Å²) >= 11 is 0. The molecule has 2 rings (SSSR count). The van der Waals surface area contributed by atoms with Crippen LogP contribution in [0, 0.1) is 5.41 Å². The van der Waals surface area contributed by atoms with E-state index >= 15 is 0 Å². The summed E-state index contributed by atoms with van der Waals surface area (Å²) < 4.78 is 10.8. The van der Waals surface area contributed by atoms with E-state index in [0.717, 1.165) is 12.8 Å². The summed E-state index contributed by atoms with van der Waals surface area (Å²) in [5.41, 5.74) is -1.31. The van der Waals surface area contributed by atoms with Gasteiger partial charge >= 0.3 is 0 Å². The predicted octanol–water partition coefficient (Wildman–Crippen LogP) is -1.40. The number of aliphatic hydroxyl groups is 4. The van der Waals surface area contributed by atoms with Gasteiger partial charge in [-0.05, 0) is 6.42 Å². The third-order valence-electron chi connectivity index (χ3n) is 3.85. The van der Waals surface area contributed by atoms with E-state index in [2.05, 4.69) is 0 Å². The number of hydrogen-bond acceptors (Lipinski definition) is 6. The molecule has 6 nitrogen and oxygen atoms in total. The Morgan fingerprint density at radius 3 is 2.65 bits per heavy atom. The van der Waals surface area contributed by atoms with Crippen LogP contribution in [0.5, 0.6) is 0 Å². The van der Waals surface area contributed by atoms with Gasteiger partial charge in [-0.3, -0.25) is 0 Å². The first-order chi connectivity index (χ1) is 8.06. The van der Waals surface area contributed by atoms with Gasteiger partial charge < -0.3 is 29.9 Å². The Bertz CT molecular complexity index is 285. The van der Waals surface area contributed by atoms with Crippen molar-refractivity contribution in [1.29, 1.82) is 0 Å². The normalized spacial score (nSPS) is 48.9. The van der Waals surface area contributed by atoms with E-state index < -0.39 is 36.1 Å². The first kappa shape index (κ1) is 13.2. The minimum atomic E-state index is -1.35. The number of ether oxygens (including phenoxy) is 2. The topological polar surface area (TPSA) is 99.4 Å². The summed E-state index contributed by atoms with van der Waals surface area (Å²) in [6.45, 7) is 1.80. The summed E-state index contributed by atoms with van der Waals surface area (Å²) in [6, 6.07) is 0. The van der Waals surface area contributed by atoms with E-state index in [0.29, 0.717) is 6.61 Å². The van der Waals surface area contributed by atoms with Gasteiger partial charge in [0.2, 0.25) is 5.79 Å². The van der Waals surface area contributed by atoms with E-state index in [1.54, 1.807) is 0 Å². The number of rotatable bonds is 5. The number of aliphatic hydroxyl groups excluding tert-OH is 4. The molecule has 0 aromatic carbocycles. The zero-order valence-corrected chi connectivity index (χ0v) is 9.87. The van der Waals surface area contributed by atoms with Crippen LogP contribution in [0.2, 0.25) is 0 Å². The average Bonchev–Trinajstić information content (AvgIpc) is 2.86. The van der Waals surface area contributed by atoms with Crippen molar-refractivity contribution >= 4 is 0 Å². The minimum Gasteiger partial charge on any atom is -0.395 e. The largest absolute Gasteiger partial charge is 0.395 e. The SMILES string of the molecule is CCCCO[C@@]12OC[C@H](O)[C@@H](O)[C@]1(CO)[C@H]2O. The molecule has 0 aromatic rings. The van der Waals surface area contributed by atoms with Gasteiger partial charge in [0.25, 0.3) is 0 Å². The van der Waals surface area contributed by atoms with Gasteiger partial charge in [0.05, 0.1) is 25.9 Å². The Balaban J connectivity index is 2.12. The molecule has 0 aromatic heterocycles. The lowest BCUT2D eigenvalue weighted by Gasteiger charge is -2.35. The Kier molecular flexibility index (Phi) is 3.46. The standard InChI is InChI=1S/C11H20O6/c1-2-3-4-16-11-9(15)10(11,6-12)8(14)7(13)5-17-11/h7-9,12-15H,2-6H2,1H3/t7-,8+,9+,10+,11-/m0/s1. The van der Waals surface area contributed by atoms with Gasteiger partial charge in [-0.15, -0.1) is 0 Å². The molecule has 1 aliphatic carbocycles. The van der Waals surface area contributed by atoms with E-state index in [9.17, 15) is 20.4 Å². The molecular formula is C11H20O6. The summed E-state index contributed by atoms with van der Waals surface area (Å²) in [5, 5.41) is 38.7. The number of unbranched alkanes of at least 4 members (excludes halogenated alkanes) is 1. The fourth-order valence-corrected chi connectivity index (χ4v) is 2.61. The van der Waals surface area contributed by atoms with E-state index in [4.69, 9.17) is 9.47 Å². The first-order valence-corrected chi connectivity index (χ1v) is 5.99. The van der Waals surface area contributed by atoms with Crippen molar-refractivity contribution in [2.45, 2.75) is 43.9 Å². The fraction of sp³-hybridized carbons (Fsp3) is 1.00. The van der Waals surface area contributed by atoms with Crippen LogP contribution in [0.15, 0.2) is 0 Å². The lowest BCUT2D eigenvalue weighted by molar-refractivity contribution is -0.264. The molecule has 5 atom stereocenters. The third-order valence-corrected chi connectivity index (χ3v) is 3.85. The highest BCUT2D eigenvalue weighted by molar-refractivity contribution is 5.26. The van der Waals surface area contributed by atoms with Crippen LogP contribution in [-0.2, 0) is 9.47 Å². The highest BCUT2D eigenvalue weighted by Crippen LogP contribution is 2.64. The monoisotopic (exact) mass is 248 g/mol. The second kappa shape index (κ2) is 4.46. The molecule has 0 radical (unpaired) electrons. The highest BCUT2D eigenvalue weighted by Gasteiger charge is 2.85. The maximum atomic E-state index is 9.93. The molecule has 0 bridgehead atoms. The molecule has 1 heterocycles. The average molecular weight is 248 g/mol. The zero-order chi connectivity index (χ0) is 12.7. The second-order valence-corrected chi connectivity index (χ2v) is 4.79. The summed E-state index contributed by atoms with van der Waals surface area (Å²) in [6.07, 6.45) is -1.72. The van der Waals surface area contributed by atoms with Gasteiger partial charge in [0.1, 0.15) is 17.6 Å². The zero-order valence-electron chi connectivity index (χ0n) is 9.87. The van der Waals surface area contributed by atoms with Gasteiger partial charge in [-0.2, -0.15) is 0 Å². The third kappa shape index (κ3) is 1.56. The highest BCUT2D eigenvalue weighted by atomic mass is 16.7. The maximum absolute atomic E-state index is 9.93. The Morgan fingerprint density at radius 2 is 2.06 bits per heavy atom. The quantitative estimate of drug-likeness (QED) is 0.447. The minimum absolute atomic E-state index is 0.105. The molecule has 1 saturated heterocycles. The van der Waals surface area contributed by atoms with Crippen molar-refractivity contribution in [3.05, 3.63) is 0 Å². The van der Waals surface area contributed by atoms with Gasteiger partial charge in [0, 0.05) is 0 Å². The molecular weight excluding hydrogens is 228 g/mol. The molecule has 0 amide bonds. The summed E-state index contributed by atoms with van der Waals surface area (Å²) in [5.74, 6) is -1.35. The Morgan fingerprint density at radius 1 is 1.35 bits per heavy atom. The van der Waals surface area contributed by atoms with E-state index in [1.807, 2.05) is 6.92 Å². The molecule has 4 N–H and O–H groups in total. The van der Waals surface area contributed by atoms with Crippen molar-refractivity contribution in [2.24, 2.45) is 5.41 Å². The van der Waals surface area contributed by atoms with Crippen molar-refractivity contribution in [1.82, 2.24) is 0 Å². The molecule has 0 spiro atoms. The first-order valence-electron chi connectivity index (χ1n) is 5.99. The predicted molar refractivity (Wildman–Crippen MR) is 57.1 cm³/mol. The van der Waals surface area contributed by atoms with Gasteiger partial charge in [-0.25, -0.2) is 0 Å². The summed E-state index contributed by atoms with van der Waals surface area (Å²) in [7, 11) is 0. The number of hydrogen-bond donors (Lipinski definition) is 4. The molecule has 100 valence electrons. The lowest BCUT2D eigenvalue weighted by atomic mass is 9.92. The van der Waals surface area contributed by atoms with Crippen molar-refractivity contribution in [3.63, 3.8) is 0 Å². The van der Waals surface area contributed by atoms with Gasteiger partial charge in [-0.1, -0.05) is 13.3 Å². The Hall–Kier alpha value is -0.240.